The summed E-state index contributed by atoms with van der Waals surface area (Å²) in [6.07, 6.45) is 1.59. The molecule has 1 fully saturated rings. The minimum absolute atomic E-state index is 0.196. The highest BCUT2D eigenvalue weighted by Crippen LogP contribution is 2.40. The van der Waals surface area contributed by atoms with Gasteiger partial charge in [0.2, 0.25) is 10.0 Å². The van der Waals surface area contributed by atoms with Gasteiger partial charge in [0.15, 0.2) is 0 Å². The van der Waals surface area contributed by atoms with Crippen molar-refractivity contribution in [1.82, 2.24) is 4.72 Å². The Labute approximate surface area is 171 Å². The zero-order valence-corrected chi connectivity index (χ0v) is 17.9. The topological polar surface area (TPSA) is 64.6 Å². The number of hydrogen-bond donors (Lipinski definition) is 1. The Bertz CT molecular complexity index is 879. The van der Waals surface area contributed by atoms with Crippen LogP contribution in [0.2, 0.25) is 0 Å². The lowest BCUT2D eigenvalue weighted by atomic mass is 9.99. The van der Waals surface area contributed by atoms with Crippen LogP contribution in [-0.4, -0.2) is 39.5 Å². The van der Waals surface area contributed by atoms with Crippen molar-refractivity contribution in [2.24, 2.45) is 0 Å². The van der Waals surface area contributed by atoms with E-state index >= 15 is 0 Å². The molecule has 0 amide bonds. The lowest BCUT2D eigenvalue weighted by molar-refractivity contribution is 0.0784. The van der Waals surface area contributed by atoms with Gasteiger partial charge in [0.05, 0.1) is 6.61 Å². The zero-order valence-electron chi connectivity index (χ0n) is 16.3. The fraction of sp³-hybridized carbons (Fsp3) is 0.429. The van der Waals surface area contributed by atoms with Gasteiger partial charge in [-0.25, -0.2) is 13.1 Å². The number of thioether (sulfide) groups is 1. The van der Waals surface area contributed by atoms with Crippen LogP contribution in [0.25, 0.3) is 0 Å². The molecule has 1 saturated heterocycles. The predicted molar refractivity (Wildman–Crippen MR) is 113 cm³/mol. The molecular weight excluding hydrogens is 394 g/mol. The second-order valence-corrected chi connectivity index (χ2v) is 10.2. The molecule has 152 valence electrons. The second kappa shape index (κ2) is 9.31. The average Bonchev–Trinajstić information content (AvgIpc) is 2.70. The molecule has 1 N–H and O–H groups in total. The zero-order chi connectivity index (χ0) is 20.0. The molecule has 0 saturated carbocycles. The molecule has 0 aliphatic carbocycles. The molecule has 1 aliphatic heterocycles. The molecule has 28 heavy (non-hydrogen) atoms. The monoisotopic (exact) mass is 421 g/mol. The lowest BCUT2D eigenvalue weighted by Crippen LogP contribution is -2.44. The van der Waals surface area contributed by atoms with Gasteiger partial charge in [-0.05, 0) is 56.5 Å². The van der Waals surface area contributed by atoms with Gasteiger partial charge in [-0.3, -0.25) is 0 Å². The maximum absolute atomic E-state index is 13.1. The molecule has 5 nitrogen and oxygen atoms in total. The number of sulfonamides is 1. The van der Waals surface area contributed by atoms with Gasteiger partial charge < -0.3 is 9.47 Å². The van der Waals surface area contributed by atoms with E-state index in [1.165, 1.54) is 0 Å². The van der Waals surface area contributed by atoms with Crippen LogP contribution in [0.3, 0.4) is 0 Å². The van der Waals surface area contributed by atoms with Crippen LogP contribution >= 0.6 is 11.8 Å². The number of nitrogens with one attached hydrogen (secondary N) is 1. The van der Waals surface area contributed by atoms with E-state index in [-0.39, 0.29) is 9.64 Å². The molecule has 7 heteroatoms. The van der Waals surface area contributed by atoms with Crippen molar-refractivity contribution in [1.29, 1.82) is 0 Å². The van der Waals surface area contributed by atoms with E-state index < -0.39 is 10.0 Å². The second-order valence-electron chi connectivity index (χ2n) is 6.92. The van der Waals surface area contributed by atoms with Gasteiger partial charge in [-0.15, -0.1) is 11.8 Å². The Morgan fingerprint density at radius 1 is 1.14 bits per heavy atom. The number of rotatable bonds is 8. The number of hydrogen-bond acceptors (Lipinski definition) is 5. The summed E-state index contributed by atoms with van der Waals surface area (Å²) in [4.78, 5) is 1.33. The van der Waals surface area contributed by atoms with Crippen LogP contribution in [0.4, 0.5) is 0 Å². The highest BCUT2D eigenvalue weighted by molar-refractivity contribution is 8.00. The highest BCUT2D eigenvalue weighted by atomic mass is 32.2. The van der Waals surface area contributed by atoms with E-state index in [0.29, 0.717) is 32.1 Å². The van der Waals surface area contributed by atoms with E-state index in [9.17, 15) is 8.42 Å². The first-order valence-electron chi connectivity index (χ1n) is 9.49. The summed E-state index contributed by atoms with van der Waals surface area (Å²) < 4.78 is 39.9. The molecule has 0 unspecified atom stereocenters. The third-order valence-corrected chi connectivity index (χ3v) is 7.67. The van der Waals surface area contributed by atoms with Gasteiger partial charge in [-0.1, -0.05) is 24.3 Å². The summed E-state index contributed by atoms with van der Waals surface area (Å²) in [5.41, 5.74) is 0.878. The van der Waals surface area contributed by atoms with Gasteiger partial charge in [-0.2, -0.15) is 0 Å². The number of benzene rings is 2. The standard InChI is InChI=1S/C21H27NO4S2/c1-3-26-19-10-9-17(2)15-20(19)28(23,24)22-16-21(11-13-25-14-12-21)27-18-7-5-4-6-8-18/h4-10,15,22H,3,11-14,16H2,1-2H3. The Morgan fingerprint density at radius 2 is 1.86 bits per heavy atom. The molecule has 1 heterocycles. The van der Waals surface area contributed by atoms with Crippen LogP contribution in [-0.2, 0) is 14.8 Å². The van der Waals surface area contributed by atoms with Gasteiger partial charge in [0, 0.05) is 29.4 Å². The van der Waals surface area contributed by atoms with Gasteiger partial charge >= 0.3 is 0 Å². The molecule has 0 spiro atoms. The summed E-state index contributed by atoms with van der Waals surface area (Å²) in [6.45, 7) is 5.75. The Hall–Kier alpha value is -1.54. The lowest BCUT2D eigenvalue weighted by Gasteiger charge is -2.36. The molecule has 2 aromatic rings. The van der Waals surface area contributed by atoms with E-state index in [1.807, 2.05) is 38.1 Å². The van der Waals surface area contributed by atoms with E-state index in [4.69, 9.17) is 9.47 Å². The van der Waals surface area contributed by atoms with Crippen molar-refractivity contribution in [3.8, 4) is 5.75 Å². The average molecular weight is 422 g/mol. The minimum Gasteiger partial charge on any atom is -0.492 e. The maximum Gasteiger partial charge on any atom is 0.244 e. The van der Waals surface area contributed by atoms with Crippen molar-refractivity contribution < 1.29 is 17.9 Å². The summed E-state index contributed by atoms with van der Waals surface area (Å²) in [5, 5.41) is 0. The first-order valence-corrected chi connectivity index (χ1v) is 11.8. The third-order valence-electron chi connectivity index (χ3n) is 4.75. The van der Waals surface area contributed by atoms with E-state index in [1.54, 1.807) is 23.9 Å². The fourth-order valence-corrected chi connectivity index (χ4v) is 5.96. The fourth-order valence-electron chi connectivity index (χ4n) is 3.20. The van der Waals surface area contributed by atoms with E-state index in [0.717, 1.165) is 23.3 Å². The van der Waals surface area contributed by atoms with Crippen LogP contribution in [0.5, 0.6) is 5.75 Å². The van der Waals surface area contributed by atoms with Gasteiger partial charge in [0.1, 0.15) is 10.6 Å². The van der Waals surface area contributed by atoms with Crippen LogP contribution in [0, 0.1) is 6.92 Å². The molecule has 0 radical (unpaired) electrons. The Balaban J connectivity index is 1.82. The van der Waals surface area contributed by atoms with Crippen LogP contribution in [0.15, 0.2) is 58.3 Å². The summed E-state index contributed by atoms with van der Waals surface area (Å²) in [6, 6.07) is 15.3. The predicted octanol–water partition coefficient (Wildman–Crippen LogP) is 4.01. The summed E-state index contributed by atoms with van der Waals surface area (Å²) >= 11 is 1.73. The highest BCUT2D eigenvalue weighted by Gasteiger charge is 2.35. The molecule has 2 aromatic carbocycles. The van der Waals surface area contributed by atoms with Crippen molar-refractivity contribution in [2.75, 3.05) is 26.4 Å². The molecular formula is C21H27NO4S2. The number of aryl methyl sites for hydroxylation is 1. The third kappa shape index (κ3) is 5.29. The summed E-state index contributed by atoms with van der Waals surface area (Å²) in [7, 11) is -3.69. The van der Waals surface area contributed by atoms with Crippen LogP contribution < -0.4 is 9.46 Å². The quantitative estimate of drug-likeness (QED) is 0.698. The minimum atomic E-state index is -3.69. The summed E-state index contributed by atoms with van der Waals surface area (Å²) in [5.74, 6) is 0.386. The first kappa shape index (κ1) is 21.2. The normalized spacial score (nSPS) is 16.6. The SMILES string of the molecule is CCOc1ccc(C)cc1S(=O)(=O)NCC1(Sc2ccccc2)CCOCC1. The maximum atomic E-state index is 13.1. The number of ether oxygens (including phenoxy) is 2. The largest absolute Gasteiger partial charge is 0.492 e. The van der Waals surface area contributed by atoms with Crippen molar-refractivity contribution in [3.05, 3.63) is 54.1 Å². The Kier molecular flexibility index (Phi) is 7.04. The smallest absolute Gasteiger partial charge is 0.244 e. The molecule has 3 rings (SSSR count). The molecule has 1 aliphatic rings. The Morgan fingerprint density at radius 3 is 2.54 bits per heavy atom. The van der Waals surface area contributed by atoms with E-state index in [2.05, 4.69) is 16.9 Å². The molecule has 0 bridgehead atoms. The molecule has 0 atom stereocenters. The van der Waals surface area contributed by atoms with Crippen molar-refractivity contribution >= 4 is 21.8 Å². The van der Waals surface area contributed by atoms with Crippen molar-refractivity contribution in [2.45, 2.75) is 41.2 Å². The molecule has 0 aromatic heterocycles. The van der Waals surface area contributed by atoms with Gasteiger partial charge in [0.25, 0.3) is 0 Å². The van der Waals surface area contributed by atoms with Crippen molar-refractivity contribution in [3.63, 3.8) is 0 Å². The van der Waals surface area contributed by atoms with Crippen LogP contribution in [0.1, 0.15) is 25.3 Å². The first-order chi connectivity index (χ1) is 13.4.